The van der Waals surface area contributed by atoms with Crippen molar-refractivity contribution in [2.75, 3.05) is 31.6 Å². The number of benzene rings is 1. The van der Waals surface area contributed by atoms with Crippen molar-refractivity contribution in [2.24, 2.45) is 11.8 Å². The molecule has 1 aromatic rings. The molecule has 36 heavy (non-hydrogen) atoms. The smallest absolute Gasteiger partial charge is 0.189 e. The second-order valence-corrected chi connectivity index (χ2v) is 11.1. The monoisotopic (exact) mass is 513 g/mol. The summed E-state index contributed by atoms with van der Waals surface area (Å²) in [5, 5.41) is 2.28. The van der Waals surface area contributed by atoms with Crippen LogP contribution >= 0.6 is 12.6 Å². The average molecular weight is 514 g/mol. The molecule has 0 heterocycles. The molecule has 0 saturated carbocycles. The van der Waals surface area contributed by atoms with E-state index in [9.17, 15) is 4.79 Å². The lowest BCUT2D eigenvalue weighted by molar-refractivity contribution is 0.102. The van der Waals surface area contributed by atoms with Crippen molar-refractivity contribution in [1.29, 1.82) is 0 Å². The zero-order valence-corrected chi connectivity index (χ0v) is 24.7. The van der Waals surface area contributed by atoms with E-state index in [1.54, 1.807) is 0 Å². The summed E-state index contributed by atoms with van der Waals surface area (Å²) >= 11 is 4.73. The maximum atomic E-state index is 13.3. The predicted octanol–water partition coefficient (Wildman–Crippen LogP) is 8.39. The van der Waals surface area contributed by atoms with Gasteiger partial charge in [0, 0.05) is 47.9 Å². The maximum Gasteiger partial charge on any atom is 0.189 e. The van der Waals surface area contributed by atoms with Gasteiger partial charge in [0.1, 0.15) is 0 Å². The number of anilines is 1. The number of hydrogen-bond acceptors (Lipinski definition) is 5. The fourth-order valence-electron chi connectivity index (χ4n) is 4.53. The van der Waals surface area contributed by atoms with Gasteiger partial charge in [-0.1, -0.05) is 60.5 Å². The SMILES string of the molecule is CCCN(CCC(C)CC)Nc1ccc(C(=O)C2=CC=C(N(CCC)CCC(C)CC)CC2)cc1S. The minimum absolute atomic E-state index is 0.121. The summed E-state index contributed by atoms with van der Waals surface area (Å²) in [6.07, 6.45) is 13.0. The number of allylic oxidation sites excluding steroid dienone is 4. The van der Waals surface area contributed by atoms with Gasteiger partial charge in [-0.05, 0) is 74.6 Å². The van der Waals surface area contributed by atoms with Crippen LogP contribution in [-0.2, 0) is 0 Å². The minimum atomic E-state index is 0.121. The molecular formula is C31H51N3OS. The Hall–Kier alpha value is -1.72. The number of nitrogens with zero attached hydrogens (tertiary/aromatic N) is 2. The number of ketones is 1. The van der Waals surface area contributed by atoms with Gasteiger partial charge in [-0.3, -0.25) is 4.79 Å². The van der Waals surface area contributed by atoms with E-state index in [2.05, 4.69) is 69.0 Å². The fourth-order valence-corrected chi connectivity index (χ4v) is 4.79. The highest BCUT2D eigenvalue weighted by Crippen LogP contribution is 2.28. The average Bonchev–Trinajstić information content (AvgIpc) is 2.90. The van der Waals surface area contributed by atoms with Gasteiger partial charge in [0.25, 0.3) is 0 Å². The number of hydrogen-bond donors (Lipinski definition) is 2. The van der Waals surface area contributed by atoms with Crippen LogP contribution in [0.2, 0.25) is 0 Å². The molecule has 1 N–H and O–H groups in total. The number of rotatable bonds is 17. The summed E-state index contributed by atoms with van der Waals surface area (Å²) in [7, 11) is 0. The second-order valence-electron chi connectivity index (χ2n) is 10.6. The van der Waals surface area contributed by atoms with E-state index in [0.717, 1.165) is 79.5 Å². The summed E-state index contributed by atoms with van der Waals surface area (Å²) in [6, 6.07) is 5.87. The van der Waals surface area contributed by atoms with Crippen molar-refractivity contribution in [3.05, 3.63) is 47.2 Å². The topological polar surface area (TPSA) is 35.6 Å². The van der Waals surface area contributed by atoms with Crippen LogP contribution in [0.3, 0.4) is 0 Å². The molecule has 1 aliphatic carbocycles. The Morgan fingerprint density at radius 2 is 1.58 bits per heavy atom. The van der Waals surface area contributed by atoms with Crippen LogP contribution in [0.4, 0.5) is 5.69 Å². The lowest BCUT2D eigenvalue weighted by Gasteiger charge is -2.30. The Morgan fingerprint density at radius 3 is 2.14 bits per heavy atom. The Kier molecular flexibility index (Phi) is 13.7. The number of thiol groups is 1. The molecule has 0 saturated heterocycles. The second kappa shape index (κ2) is 16.2. The van der Waals surface area contributed by atoms with Crippen LogP contribution in [0.5, 0.6) is 0 Å². The molecule has 0 spiro atoms. The summed E-state index contributed by atoms with van der Waals surface area (Å²) in [4.78, 5) is 16.6. The van der Waals surface area contributed by atoms with Crippen molar-refractivity contribution >= 4 is 24.1 Å². The van der Waals surface area contributed by atoms with Crippen LogP contribution in [-0.4, -0.2) is 41.9 Å². The predicted molar refractivity (Wildman–Crippen MR) is 159 cm³/mol. The van der Waals surface area contributed by atoms with Gasteiger partial charge in [0.15, 0.2) is 5.78 Å². The third-order valence-corrected chi connectivity index (χ3v) is 7.90. The number of carbonyl (C=O) groups excluding carboxylic acids is 1. The van der Waals surface area contributed by atoms with Gasteiger partial charge in [-0.25, -0.2) is 5.01 Å². The molecule has 1 aromatic carbocycles. The molecule has 0 aromatic heterocycles. The zero-order valence-electron chi connectivity index (χ0n) is 23.8. The normalized spacial score (nSPS) is 15.3. The third-order valence-electron chi connectivity index (χ3n) is 7.53. The first-order chi connectivity index (χ1) is 17.3. The van der Waals surface area contributed by atoms with Gasteiger partial charge in [-0.15, -0.1) is 12.6 Å². The molecule has 0 amide bonds. The highest BCUT2D eigenvalue weighted by Gasteiger charge is 2.19. The van der Waals surface area contributed by atoms with E-state index in [-0.39, 0.29) is 5.78 Å². The molecule has 0 radical (unpaired) electrons. The number of Topliss-reactive ketones (excluding diaryl/α,β-unsaturated/α-hetero) is 1. The summed E-state index contributed by atoms with van der Waals surface area (Å²) in [6.45, 7) is 17.8. The van der Waals surface area contributed by atoms with Crippen molar-refractivity contribution in [3.8, 4) is 0 Å². The van der Waals surface area contributed by atoms with E-state index in [0.29, 0.717) is 5.92 Å². The number of hydrazine groups is 1. The molecule has 2 rings (SSSR count). The largest absolute Gasteiger partial charge is 0.375 e. The van der Waals surface area contributed by atoms with Gasteiger partial charge >= 0.3 is 0 Å². The quantitative estimate of drug-likeness (QED) is 0.125. The molecule has 5 heteroatoms. The molecule has 0 bridgehead atoms. The van der Waals surface area contributed by atoms with Crippen LogP contribution in [0.1, 0.15) is 103 Å². The first kappa shape index (κ1) is 30.5. The zero-order chi connectivity index (χ0) is 26.5. The van der Waals surface area contributed by atoms with Gasteiger partial charge < -0.3 is 10.3 Å². The van der Waals surface area contributed by atoms with Gasteiger partial charge in [-0.2, -0.15) is 0 Å². The van der Waals surface area contributed by atoms with Crippen molar-refractivity contribution in [3.63, 3.8) is 0 Å². The lowest BCUT2D eigenvalue weighted by Crippen LogP contribution is -2.32. The molecule has 0 aliphatic heterocycles. The van der Waals surface area contributed by atoms with Crippen molar-refractivity contribution in [2.45, 2.75) is 97.8 Å². The Morgan fingerprint density at radius 1 is 0.917 bits per heavy atom. The lowest BCUT2D eigenvalue weighted by atomic mass is 9.94. The van der Waals surface area contributed by atoms with Crippen LogP contribution in [0, 0.1) is 11.8 Å². The summed E-state index contributed by atoms with van der Waals surface area (Å²) in [5.74, 6) is 1.59. The summed E-state index contributed by atoms with van der Waals surface area (Å²) in [5.41, 5.74) is 7.49. The third kappa shape index (κ3) is 9.63. The maximum absolute atomic E-state index is 13.3. The first-order valence-electron chi connectivity index (χ1n) is 14.4. The van der Waals surface area contributed by atoms with E-state index in [4.69, 9.17) is 12.6 Å². The minimum Gasteiger partial charge on any atom is -0.375 e. The van der Waals surface area contributed by atoms with E-state index < -0.39 is 0 Å². The van der Waals surface area contributed by atoms with Crippen LogP contribution in [0.15, 0.2) is 46.5 Å². The standard InChI is InChI=1S/C31H51N3OS/c1-7-19-33(21-17-24(5)9-3)28-14-11-26(12-15-28)31(35)27-13-16-29(30(36)23-27)32-34(20-8-2)22-18-25(6)10-4/h11,13-14,16,23-25,32,36H,7-10,12,15,17-22H2,1-6H3. The highest BCUT2D eigenvalue weighted by atomic mass is 32.1. The van der Waals surface area contributed by atoms with Crippen molar-refractivity contribution < 1.29 is 4.79 Å². The Bertz CT molecular complexity index is 879. The molecular weight excluding hydrogens is 462 g/mol. The molecule has 2 atom stereocenters. The Labute approximate surface area is 227 Å². The number of nitrogens with one attached hydrogen (secondary N) is 1. The molecule has 2 unspecified atom stereocenters. The van der Waals surface area contributed by atoms with E-state index >= 15 is 0 Å². The number of carbonyl (C=O) groups is 1. The van der Waals surface area contributed by atoms with E-state index in [1.807, 2.05) is 18.2 Å². The van der Waals surface area contributed by atoms with Crippen molar-refractivity contribution in [1.82, 2.24) is 9.91 Å². The highest BCUT2D eigenvalue weighted by molar-refractivity contribution is 7.80. The van der Waals surface area contributed by atoms with Gasteiger partial charge in [0.2, 0.25) is 0 Å². The first-order valence-corrected chi connectivity index (χ1v) is 14.8. The molecule has 0 fully saturated rings. The van der Waals surface area contributed by atoms with Crippen LogP contribution < -0.4 is 5.43 Å². The van der Waals surface area contributed by atoms with Gasteiger partial charge in [0.05, 0.1) is 5.69 Å². The molecule has 4 nitrogen and oxygen atoms in total. The summed E-state index contributed by atoms with van der Waals surface area (Å²) < 4.78 is 0. The van der Waals surface area contributed by atoms with Crippen LogP contribution in [0.25, 0.3) is 0 Å². The molecule has 202 valence electrons. The fraction of sp³-hybridized carbons (Fsp3) is 0.645. The van der Waals surface area contributed by atoms with E-state index in [1.165, 1.54) is 31.4 Å². The Balaban J connectivity index is 2.07. The molecule has 1 aliphatic rings.